The quantitative estimate of drug-likeness (QED) is 0.260. The number of hydrogen-bond acceptors (Lipinski definition) is 5. The predicted octanol–water partition coefficient (Wildman–Crippen LogP) is 5.78. The van der Waals surface area contributed by atoms with Gasteiger partial charge < -0.3 is 15.2 Å². The van der Waals surface area contributed by atoms with Gasteiger partial charge in [-0.15, -0.1) is 0 Å². The van der Waals surface area contributed by atoms with Gasteiger partial charge >= 0.3 is 5.97 Å². The Hall–Kier alpha value is -2.90. The number of fused-ring (bicyclic) bond motifs is 1. The zero-order valence-corrected chi connectivity index (χ0v) is 22.3. The Morgan fingerprint density at radius 3 is 2.22 bits per heavy atom. The number of halogens is 2. The van der Waals surface area contributed by atoms with E-state index in [1.807, 2.05) is 62.4 Å². The lowest BCUT2D eigenvalue weighted by molar-refractivity contribution is -0.148. The molecule has 194 valence electrons. The van der Waals surface area contributed by atoms with Crippen LogP contribution in [0.1, 0.15) is 47.3 Å². The van der Waals surface area contributed by atoms with Crippen LogP contribution in [0.3, 0.4) is 0 Å². The van der Waals surface area contributed by atoms with Crippen LogP contribution in [0.5, 0.6) is 0 Å². The van der Waals surface area contributed by atoms with Crippen LogP contribution in [0.25, 0.3) is 0 Å². The Morgan fingerprint density at radius 2 is 1.57 bits per heavy atom. The zero-order chi connectivity index (χ0) is 26.6. The maximum atomic E-state index is 13.8. The van der Waals surface area contributed by atoms with Crippen LogP contribution >= 0.6 is 23.2 Å². The van der Waals surface area contributed by atoms with Crippen molar-refractivity contribution in [3.63, 3.8) is 0 Å². The highest BCUT2D eigenvalue weighted by atomic mass is 35.5. The molecule has 1 amide bonds. The van der Waals surface area contributed by atoms with E-state index in [1.54, 1.807) is 29.2 Å². The van der Waals surface area contributed by atoms with E-state index in [0.717, 1.165) is 16.7 Å². The van der Waals surface area contributed by atoms with Crippen molar-refractivity contribution in [2.24, 2.45) is 11.7 Å². The number of hydrogen-bond donors (Lipinski definition) is 1. The van der Waals surface area contributed by atoms with Crippen molar-refractivity contribution in [3.8, 4) is 0 Å². The standard InChI is InChI=1S/C29H30Cl2N2O4/c1-19(2)26(32)28(35)36-16-5-17-37-29(21-10-14-23(31)15-11-21)25-7-4-3-6-24(25)27(34)33(29)18-20-8-12-22(30)13-9-20/h3-4,6-15,19,26H,5,16-18,32H2,1-2H3/t26-,29?/m0/s1. The van der Waals surface area contributed by atoms with Crippen LogP contribution < -0.4 is 5.73 Å². The Morgan fingerprint density at radius 1 is 0.946 bits per heavy atom. The van der Waals surface area contributed by atoms with Crippen LogP contribution in [0.15, 0.2) is 72.8 Å². The monoisotopic (exact) mass is 540 g/mol. The van der Waals surface area contributed by atoms with Crippen LogP contribution in [0.2, 0.25) is 10.0 Å². The molecule has 37 heavy (non-hydrogen) atoms. The lowest BCUT2D eigenvalue weighted by atomic mass is 9.93. The summed E-state index contributed by atoms with van der Waals surface area (Å²) in [5.41, 5.74) is 7.67. The maximum absolute atomic E-state index is 13.8. The third kappa shape index (κ3) is 5.68. The van der Waals surface area contributed by atoms with Crippen molar-refractivity contribution in [1.29, 1.82) is 0 Å². The first-order valence-corrected chi connectivity index (χ1v) is 13.0. The maximum Gasteiger partial charge on any atom is 0.323 e. The lowest BCUT2D eigenvalue weighted by Gasteiger charge is -2.39. The van der Waals surface area contributed by atoms with Gasteiger partial charge in [0.05, 0.1) is 13.2 Å². The average molecular weight is 541 g/mol. The second-order valence-corrected chi connectivity index (χ2v) is 10.2. The largest absolute Gasteiger partial charge is 0.464 e. The van der Waals surface area contributed by atoms with Gasteiger partial charge in [-0.25, -0.2) is 0 Å². The van der Waals surface area contributed by atoms with Crippen LogP contribution in [0.4, 0.5) is 0 Å². The third-order valence-electron chi connectivity index (χ3n) is 6.47. The van der Waals surface area contributed by atoms with Gasteiger partial charge in [0.25, 0.3) is 5.91 Å². The van der Waals surface area contributed by atoms with Crippen molar-refractivity contribution in [1.82, 2.24) is 4.90 Å². The molecule has 0 bridgehead atoms. The van der Waals surface area contributed by atoms with E-state index in [2.05, 4.69) is 0 Å². The summed E-state index contributed by atoms with van der Waals surface area (Å²) in [4.78, 5) is 27.6. The fraction of sp³-hybridized carbons (Fsp3) is 0.310. The van der Waals surface area contributed by atoms with E-state index in [-0.39, 0.29) is 25.0 Å². The predicted molar refractivity (Wildman–Crippen MR) is 144 cm³/mol. The molecule has 3 aromatic rings. The van der Waals surface area contributed by atoms with Crippen LogP contribution in [-0.4, -0.2) is 36.0 Å². The molecule has 8 heteroatoms. The van der Waals surface area contributed by atoms with E-state index in [4.69, 9.17) is 38.4 Å². The fourth-order valence-electron chi connectivity index (χ4n) is 4.40. The summed E-state index contributed by atoms with van der Waals surface area (Å²) in [6.07, 6.45) is 0.428. The Balaban J connectivity index is 1.66. The molecule has 3 aromatic carbocycles. The average Bonchev–Trinajstić information content (AvgIpc) is 3.13. The molecule has 0 saturated heterocycles. The topological polar surface area (TPSA) is 81.9 Å². The van der Waals surface area contributed by atoms with Crippen LogP contribution in [-0.2, 0) is 26.5 Å². The van der Waals surface area contributed by atoms with Gasteiger partial charge in [0.15, 0.2) is 5.72 Å². The molecular weight excluding hydrogens is 511 g/mol. The molecule has 0 aromatic heterocycles. The molecule has 1 heterocycles. The molecule has 2 N–H and O–H groups in total. The third-order valence-corrected chi connectivity index (χ3v) is 6.98. The molecule has 4 rings (SSSR count). The number of nitrogens with zero attached hydrogens (tertiary/aromatic N) is 1. The van der Waals surface area contributed by atoms with E-state index in [0.29, 0.717) is 28.6 Å². The van der Waals surface area contributed by atoms with Gasteiger partial charge in [-0.2, -0.15) is 0 Å². The molecule has 0 aliphatic carbocycles. The van der Waals surface area contributed by atoms with Crippen LogP contribution in [0, 0.1) is 5.92 Å². The van der Waals surface area contributed by atoms with Gasteiger partial charge in [-0.05, 0) is 41.8 Å². The summed E-state index contributed by atoms with van der Waals surface area (Å²) in [5.74, 6) is -0.595. The molecule has 0 saturated carbocycles. The highest BCUT2D eigenvalue weighted by Gasteiger charge is 2.52. The fourth-order valence-corrected chi connectivity index (χ4v) is 4.65. The molecular formula is C29H30Cl2N2O4. The van der Waals surface area contributed by atoms with Gasteiger partial charge in [0, 0.05) is 39.7 Å². The molecule has 0 spiro atoms. The summed E-state index contributed by atoms with van der Waals surface area (Å²) >= 11 is 12.3. The molecule has 0 fully saturated rings. The molecule has 1 unspecified atom stereocenters. The number of esters is 1. The first-order valence-electron chi connectivity index (χ1n) is 12.2. The SMILES string of the molecule is CC(C)[C@H](N)C(=O)OCCCOC1(c2ccc(Cl)cc2)c2ccccc2C(=O)N1Cc1ccc(Cl)cc1. The first-order chi connectivity index (χ1) is 17.7. The Labute approximate surface area is 227 Å². The van der Waals surface area contributed by atoms with E-state index in [1.165, 1.54) is 0 Å². The molecule has 1 aliphatic rings. The van der Waals surface area contributed by atoms with Gasteiger partial charge in [-0.1, -0.05) is 79.5 Å². The second-order valence-electron chi connectivity index (χ2n) is 9.35. The normalized spacial score (nSPS) is 17.7. The zero-order valence-electron chi connectivity index (χ0n) is 20.8. The number of carbonyl (C=O) groups excluding carboxylic acids is 2. The Bertz CT molecular complexity index is 1250. The Kier molecular flexibility index (Phi) is 8.55. The van der Waals surface area contributed by atoms with E-state index in [9.17, 15) is 9.59 Å². The summed E-state index contributed by atoms with van der Waals surface area (Å²) in [5, 5.41) is 1.20. The highest BCUT2D eigenvalue weighted by molar-refractivity contribution is 6.30. The van der Waals surface area contributed by atoms with Gasteiger partial charge in [0.1, 0.15) is 6.04 Å². The lowest BCUT2D eigenvalue weighted by Crippen LogP contribution is -2.46. The van der Waals surface area contributed by atoms with Gasteiger partial charge in [0.2, 0.25) is 0 Å². The number of ether oxygens (including phenoxy) is 2. The van der Waals surface area contributed by atoms with Crippen molar-refractivity contribution in [2.75, 3.05) is 13.2 Å². The molecule has 6 nitrogen and oxygen atoms in total. The summed E-state index contributed by atoms with van der Waals surface area (Å²) < 4.78 is 12.0. The van der Waals surface area contributed by atoms with E-state index >= 15 is 0 Å². The van der Waals surface area contributed by atoms with Crippen molar-refractivity contribution in [2.45, 2.75) is 38.6 Å². The minimum atomic E-state index is -1.20. The van der Waals surface area contributed by atoms with Crippen molar-refractivity contribution >= 4 is 35.1 Å². The number of benzene rings is 3. The number of nitrogens with two attached hydrogens (primary N) is 1. The summed E-state index contributed by atoms with van der Waals surface area (Å²) in [6, 6.07) is 21.5. The molecule has 1 aliphatic heterocycles. The smallest absolute Gasteiger partial charge is 0.323 e. The summed E-state index contributed by atoms with van der Waals surface area (Å²) in [6.45, 7) is 4.42. The van der Waals surface area contributed by atoms with E-state index < -0.39 is 17.7 Å². The highest BCUT2D eigenvalue weighted by Crippen LogP contribution is 2.46. The minimum absolute atomic E-state index is 0.0145. The van der Waals surface area contributed by atoms with Gasteiger partial charge in [-0.3, -0.25) is 14.5 Å². The minimum Gasteiger partial charge on any atom is -0.464 e. The molecule has 2 atom stereocenters. The second kappa shape index (κ2) is 11.7. The molecule has 0 radical (unpaired) electrons. The summed E-state index contributed by atoms with van der Waals surface area (Å²) in [7, 11) is 0. The number of rotatable bonds is 10. The number of carbonyl (C=O) groups is 2. The van der Waals surface area contributed by atoms with Crippen molar-refractivity contribution in [3.05, 3.63) is 105 Å². The number of amides is 1. The first kappa shape index (κ1) is 27.1. The van der Waals surface area contributed by atoms with Crippen molar-refractivity contribution < 1.29 is 19.1 Å².